The molecule has 2 heteroatoms. The Morgan fingerprint density at radius 2 is 0.818 bits per heavy atom. The van der Waals surface area contributed by atoms with Crippen LogP contribution in [-0.4, -0.2) is 0 Å². The van der Waals surface area contributed by atoms with Crippen molar-refractivity contribution < 1.29 is 0 Å². The summed E-state index contributed by atoms with van der Waals surface area (Å²) in [5.74, 6) is 0.708. The smallest absolute Gasteiger partial charge is 0.0569 e. The molecule has 66 heavy (non-hydrogen) atoms. The number of hydrogen-bond acceptors (Lipinski definition) is 2. The fourth-order valence-corrected chi connectivity index (χ4v) is 10.1. The molecule has 10 aromatic carbocycles. The summed E-state index contributed by atoms with van der Waals surface area (Å²) in [6.07, 6.45) is 0. The van der Waals surface area contributed by atoms with Gasteiger partial charge in [0.05, 0.1) is 22.7 Å². The molecule has 0 spiro atoms. The lowest BCUT2D eigenvalue weighted by Crippen LogP contribution is -2.17. The molecule has 0 radical (unpaired) electrons. The van der Waals surface area contributed by atoms with Crippen LogP contribution in [0.2, 0.25) is 0 Å². The van der Waals surface area contributed by atoms with E-state index < -0.39 is 0 Å². The van der Waals surface area contributed by atoms with Crippen LogP contribution in [0.15, 0.2) is 188 Å². The SMILES string of the molecule is Cc1cccc(-c2ccccc2)c1N(c1cccc(C(C)C)c1)c1cc(N(c2cccc(C(C)C)c2)c2c(C)cccc2-c2ccccc2)c2ccc3cc(C(C)(C)C)cc4ccc1c2c43. The molecular weight excluding hydrogens is 797 g/mol. The third-order valence-electron chi connectivity index (χ3n) is 13.7. The highest BCUT2D eigenvalue weighted by Gasteiger charge is 2.29. The average molecular weight is 857 g/mol. The largest absolute Gasteiger partial charge is 0.309 e. The number of aryl methyl sites for hydroxylation is 2. The third-order valence-corrected chi connectivity index (χ3v) is 13.7. The summed E-state index contributed by atoms with van der Waals surface area (Å²) in [4.78, 5) is 5.16. The highest BCUT2D eigenvalue weighted by molar-refractivity contribution is 6.29. The molecule has 0 unspecified atom stereocenters. The molecule has 0 bridgehead atoms. The molecule has 0 amide bonds. The zero-order valence-electron chi connectivity index (χ0n) is 39.9. The van der Waals surface area contributed by atoms with Crippen molar-refractivity contribution >= 4 is 66.4 Å². The van der Waals surface area contributed by atoms with Crippen molar-refractivity contribution in [1.29, 1.82) is 0 Å². The Kier molecular flexibility index (Phi) is 11.0. The lowest BCUT2D eigenvalue weighted by Gasteiger charge is -2.35. The van der Waals surface area contributed by atoms with Crippen molar-refractivity contribution in [3.63, 3.8) is 0 Å². The normalized spacial score (nSPS) is 12.0. The maximum Gasteiger partial charge on any atom is 0.0569 e. The Hall–Kier alpha value is -7.16. The number of nitrogens with zero attached hydrogens (tertiary/aromatic N) is 2. The number of para-hydroxylation sites is 2. The van der Waals surface area contributed by atoms with E-state index >= 15 is 0 Å². The molecule has 0 atom stereocenters. The zero-order chi connectivity index (χ0) is 45.9. The van der Waals surface area contributed by atoms with Gasteiger partial charge in [0.2, 0.25) is 0 Å². The van der Waals surface area contributed by atoms with Crippen molar-refractivity contribution in [2.45, 2.75) is 79.6 Å². The summed E-state index contributed by atoms with van der Waals surface area (Å²) in [5, 5.41) is 7.55. The van der Waals surface area contributed by atoms with Gasteiger partial charge in [0, 0.05) is 38.7 Å². The van der Waals surface area contributed by atoms with E-state index in [-0.39, 0.29) is 5.41 Å². The Bertz CT molecular complexity index is 3160. The average Bonchev–Trinajstić information content (AvgIpc) is 3.32. The van der Waals surface area contributed by atoms with E-state index in [1.54, 1.807) is 0 Å². The highest BCUT2D eigenvalue weighted by atomic mass is 15.2. The fraction of sp³-hybridized carbons (Fsp3) is 0.188. The van der Waals surface area contributed by atoms with Crippen molar-refractivity contribution in [2.24, 2.45) is 0 Å². The molecule has 0 fully saturated rings. The van der Waals surface area contributed by atoms with Crippen LogP contribution < -0.4 is 9.80 Å². The molecule has 2 nitrogen and oxygen atoms in total. The lowest BCUT2D eigenvalue weighted by atomic mass is 9.83. The van der Waals surface area contributed by atoms with Crippen molar-refractivity contribution in [1.82, 2.24) is 0 Å². The second-order valence-corrected chi connectivity index (χ2v) is 19.9. The van der Waals surface area contributed by atoms with Gasteiger partial charge in [0.15, 0.2) is 0 Å². The first-order chi connectivity index (χ1) is 31.9. The van der Waals surface area contributed by atoms with Gasteiger partial charge < -0.3 is 9.80 Å². The molecule has 0 saturated heterocycles. The molecule has 326 valence electrons. The van der Waals surface area contributed by atoms with Gasteiger partial charge in [-0.3, -0.25) is 0 Å². The van der Waals surface area contributed by atoms with Crippen LogP contribution in [0.1, 0.15) is 88.1 Å². The Morgan fingerprint density at radius 3 is 1.23 bits per heavy atom. The van der Waals surface area contributed by atoms with Gasteiger partial charge in [-0.1, -0.05) is 206 Å². The second kappa shape index (κ2) is 17.0. The molecule has 0 N–H and O–H groups in total. The summed E-state index contributed by atoms with van der Waals surface area (Å²) in [5.41, 5.74) is 18.0. The molecule has 0 aliphatic carbocycles. The van der Waals surface area contributed by atoms with Crippen LogP contribution >= 0.6 is 0 Å². The minimum Gasteiger partial charge on any atom is -0.309 e. The standard InChI is InChI=1S/C64H60N2/c1-41(2)47-26-18-28-52(38-47)65(62-43(5)20-16-30-54(62)45-22-12-10-13-23-45)58-40-59(57-35-33-50-37-51(64(7,8)9)36-49-32-34-56(58)61(57)60(49)50)66(53-29-19-27-48(39-53)42(3)4)63-44(6)21-17-31-55(63)46-24-14-11-15-25-46/h10-42H,1-9H3. The molecule has 0 aliphatic rings. The predicted octanol–water partition coefficient (Wildman–Crippen LogP) is 19.0. The lowest BCUT2D eigenvalue weighted by molar-refractivity contribution is 0.591. The maximum absolute atomic E-state index is 2.58. The zero-order valence-corrected chi connectivity index (χ0v) is 39.9. The quantitative estimate of drug-likeness (QED) is 0.126. The van der Waals surface area contributed by atoms with Crippen LogP contribution in [0.5, 0.6) is 0 Å². The number of hydrogen-bond donors (Lipinski definition) is 0. The van der Waals surface area contributed by atoms with E-state index in [0.717, 1.165) is 22.7 Å². The van der Waals surface area contributed by atoms with Crippen LogP contribution in [0.4, 0.5) is 34.1 Å². The van der Waals surface area contributed by atoms with E-state index in [2.05, 4.69) is 260 Å². The third kappa shape index (κ3) is 7.59. The molecular formula is C64H60N2. The predicted molar refractivity (Wildman–Crippen MR) is 287 cm³/mol. The summed E-state index contributed by atoms with van der Waals surface area (Å²) in [6.45, 7) is 20.7. The van der Waals surface area contributed by atoms with Gasteiger partial charge in [-0.25, -0.2) is 0 Å². The monoisotopic (exact) mass is 856 g/mol. The van der Waals surface area contributed by atoms with Gasteiger partial charge in [-0.05, 0) is 117 Å². The summed E-state index contributed by atoms with van der Waals surface area (Å²) >= 11 is 0. The molecule has 10 rings (SSSR count). The Morgan fingerprint density at radius 1 is 0.394 bits per heavy atom. The fourth-order valence-electron chi connectivity index (χ4n) is 10.1. The molecule has 10 aromatic rings. The topological polar surface area (TPSA) is 6.48 Å². The van der Waals surface area contributed by atoms with Gasteiger partial charge in [-0.15, -0.1) is 0 Å². The van der Waals surface area contributed by atoms with Crippen LogP contribution in [0.3, 0.4) is 0 Å². The molecule has 0 heterocycles. The number of anilines is 6. The second-order valence-electron chi connectivity index (χ2n) is 19.9. The molecule has 0 aromatic heterocycles. The minimum absolute atomic E-state index is 0.00537. The first-order valence-corrected chi connectivity index (χ1v) is 23.7. The summed E-state index contributed by atoms with van der Waals surface area (Å²) in [6, 6.07) is 70.8. The first kappa shape index (κ1) is 42.8. The summed E-state index contributed by atoms with van der Waals surface area (Å²) < 4.78 is 0. The van der Waals surface area contributed by atoms with E-state index in [9.17, 15) is 0 Å². The highest BCUT2D eigenvalue weighted by Crippen LogP contribution is 2.54. The van der Waals surface area contributed by atoms with E-state index in [0.29, 0.717) is 11.8 Å². The van der Waals surface area contributed by atoms with Crippen LogP contribution in [0.25, 0.3) is 54.6 Å². The van der Waals surface area contributed by atoms with Gasteiger partial charge in [0.1, 0.15) is 0 Å². The van der Waals surface area contributed by atoms with E-state index in [1.807, 2.05) is 0 Å². The van der Waals surface area contributed by atoms with E-state index in [4.69, 9.17) is 0 Å². The van der Waals surface area contributed by atoms with Crippen molar-refractivity contribution in [3.8, 4) is 22.3 Å². The first-order valence-electron chi connectivity index (χ1n) is 23.7. The molecule has 0 saturated carbocycles. The van der Waals surface area contributed by atoms with Crippen LogP contribution in [-0.2, 0) is 5.41 Å². The van der Waals surface area contributed by atoms with Gasteiger partial charge in [-0.2, -0.15) is 0 Å². The van der Waals surface area contributed by atoms with Crippen molar-refractivity contribution in [2.75, 3.05) is 9.80 Å². The van der Waals surface area contributed by atoms with Gasteiger partial charge >= 0.3 is 0 Å². The number of benzene rings is 10. The summed E-state index contributed by atoms with van der Waals surface area (Å²) in [7, 11) is 0. The minimum atomic E-state index is -0.00537. The maximum atomic E-state index is 2.58. The number of rotatable bonds is 10. The van der Waals surface area contributed by atoms with E-state index in [1.165, 1.54) is 93.8 Å². The van der Waals surface area contributed by atoms with Gasteiger partial charge in [0.25, 0.3) is 0 Å². The Labute approximate surface area is 392 Å². The Balaban J connectivity index is 1.41. The van der Waals surface area contributed by atoms with Crippen LogP contribution in [0, 0.1) is 13.8 Å². The molecule has 0 aliphatic heterocycles. The van der Waals surface area contributed by atoms with Crippen molar-refractivity contribution in [3.05, 3.63) is 216 Å².